The Morgan fingerprint density at radius 3 is 2.65 bits per heavy atom. The number of aromatic nitrogens is 1. The Hall–Kier alpha value is -3.69. The molecule has 0 bridgehead atoms. The SMILES string of the molecule is COc1ccc(S(C)(=O)=O)cc1NCC#Cc1cc(C(=O)NC2CCCN(C)C2)c2ccn(CC(F)(F)F)c2c1. The molecule has 1 aliphatic heterocycles. The van der Waals surface area contributed by atoms with E-state index in [1.54, 1.807) is 6.07 Å². The van der Waals surface area contributed by atoms with Crippen LogP contribution in [-0.4, -0.2) is 76.1 Å². The zero-order chi connectivity index (χ0) is 29.1. The highest BCUT2D eigenvalue weighted by molar-refractivity contribution is 7.90. The van der Waals surface area contributed by atoms with Crippen LogP contribution in [0.25, 0.3) is 10.9 Å². The molecule has 12 heteroatoms. The Morgan fingerprint density at radius 1 is 1.20 bits per heavy atom. The van der Waals surface area contributed by atoms with Crippen molar-refractivity contribution >= 4 is 32.3 Å². The number of carbonyl (C=O) groups excluding carboxylic acids is 1. The number of amides is 1. The van der Waals surface area contributed by atoms with E-state index in [-0.39, 0.29) is 34.5 Å². The molecule has 8 nitrogen and oxygen atoms in total. The van der Waals surface area contributed by atoms with Gasteiger partial charge in [0.25, 0.3) is 5.91 Å². The number of halogens is 3. The van der Waals surface area contributed by atoms with Gasteiger partial charge in [0.2, 0.25) is 0 Å². The first kappa shape index (κ1) is 29.3. The molecule has 1 aliphatic rings. The number of benzene rings is 2. The summed E-state index contributed by atoms with van der Waals surface area (Å²) in [4.78, 5) is 15.5. The summed E-state index contributed by atoms with van der Waals surface area (Å²) in [5.41, 5.74) is 1.31. The number of alkyl halides is 3. The van der Waals surface area contributed by atoms with Crippen LogP contribution in [-0.2, 0) is 16.4 Å². The van der Waals surface area contributed by atoms with Crippen LogP contribution in [0.15, 0.2) is 47.5 Å². The van der Waals surface area contributed by atoms with Crippen LogP contribution in [0.5, 0.6) is 5.75 Å². The first-order valence-corrected chi connectivity index (χ1v) is 14.5. The molecule has 0 saturated carbocycles. The van der Waals surface area contributed by atoms with E-state index >= 15 is 0 Å². The predicted octanol–water partition coefficient (Wildman–Crippen LogP) is 3.90. The number of piperidine rings is 1. The average molecular weight is 577 g/mol. The quantitative estimate of drug-likeness (QED) is 0.415. The van der Waals surface area contributed by atoms with Crippen LogP contribution >= 0.6 is 0 Å². The van der Waals surface area contributed by atoms with E-state index < -0.39 is 22.6 Å². The van der Waals surface area contributed by atoms with E-state index in [1.165, 1.54) is 43.6 Å². The fourth-order valence-electron chi connectivity index (χ4n) is 4.78. The maximum Gasteiger partial charge on any atom is 0.406 e. The summed E-state index contributed by atoms with van der Waals surface area (Å²) in [6.45, 7) is 0.528. The molecule has 0 radical (unpaired) electrons. The van der Waals surface area contributed by atoms with Gasteiger partial charge in [-0.2, -0.15) is 13.2 Å². The standard InChI is InChI=1S/C28H31F3N4O4S/c1-34-12-5-7-20(17-34)33-27(36)23-14-19(15-25-22(23)10-13-35(25)18-28(29,30)31)6-4-11-32-24-16-21(40(3,37)38)8-9-26(24)39-2/h8-10,13-16,20,32H,5,7,11-12,17-18H2,1-3H3,(H,33,36). The van der Waals surface area contributed by atoms with Crippen LogP contribution in [0.4, 0.5) is 18.9 Å². The highest BCUT2D eigenvalue weighted by atomic mass is 32.2. The molecule has 1 atom stereocenters. The molecule has 2 heterocycles. The molecule has 214 valence electrons. The zero-order valence-corrected chi connectivity index (χ0v) is 23.2. The van der Waals surface area contributed by atoms with Gasteiger partial charge in [-0.1, -0.05) is 11.8 Å². The van der Waals surface area contributed by atoms with Crippen LogP contribution in [0.3, 0.4) is 0 Å². The molecule has 40 heavy (non-hydrogen) atoms. The number of fused-ring (bicyclic) bond motifs is 1. The van der Waals surface area contributed by atoms with Crippen molar-refractivity contribution in [3.05, 3.63) is 53.7 Å². The number of methoxy groups -OCH3 is 1. The predicted molar refractivity (Wildman–Crippen MR) is 147 cm³/mol. The van der Waals surface area contributed by atoms with Crippen LogP contribution in [0.2, 0.25) is 0 Å². The van der Waals surface area contributed by atoms with Gasteiger partial charge in [-0.15, -0.1) is 0 Å². The topological polar surface area (TPSA) is 92.7 Å². The second kappa shape index (κ2) is 11.8. The van der Waals surface area contributed by atoms with Crippen molar-refractivity contribution in [1.82, 2.24) is 14.8 Å². The molecule has 4 rings (SSSR count). The normalized spacial score (nSPS) is 16.3. The van der Waals surface area contributed by atoms with Crippen molar-refractivity contribution < 1.29 is 31.1 Å². The lowest BCUT2D eigenvalue weighted by molar-refractivity contribution is -0.139. The van der Waals surface area contributed by atoms with Gasteiger partial charge in [-0.25, -0.2) is 8.42 Å². The van der Waals surface area contributed by atoms with Gasteiger partial charge in [0.1, 0.15) is 12.3 Å². The van der Waals surface area contributed by atoms with Gasteiger partial charge in [-0.05, 0) is 62.8 Å². The lowest BCUT2D eigenvalue weighted by Gasteiger charge is -2.30. The summed E-state index contributed by atoms with van der Waals surface area (Å²) in [6.07, 6.45) is -0.253. The van der Waals surface area contributed by atoms with Crippen LogP contribution < -0.4 is 15.4 Å². The largest absolute Gasteiger partial charge is 0.495 e. The van der Waals surface area contributed by atoms with E-state index in [2.05, 4.69) is 27.4 Å². The van der Waals surface area contributed by atoms with E-state index in [0.29, 0.717) is 28.9 Å². The molecular weight excluding hydrogens is 545 g/mol. The average Bonchev–Trinajstić information content (AvgIpc) is 3.26. The Bertz CT molecular complexity index is 1570. The minimum atomic E-state index is -4.44. The lowest BCUT2D eigenvalue weighted by Crippen LogP contribution is -2.46. The molecule has 1 amide bonds. The third kappa shape index (κ3) is 7.28. The molecule has 2 aromatic carbocycles. The van der Waals surface area contributed by atoms with Gasteiger partial charge in [0, 0.05) is 41.6 Å². The van der Waals surface area contributed by atoms with E-state index in [0.717, 1.165) is 30.2 Å². The monoisotopic (exact) mass is 576 g/mol. The molecule has 3 aromatic rings. The molecule has 1 unspecified atom stereocenters. The number of likely N-dealkylation sites (N-methyl/N-ethyl adjacent to an activating group) is 1. The highest BCUT2D eigenvalue weighted by Gasteiger charge is 2.29. The van der Waals surface area contributed by atoms with Gasteiger partial charge in [0.05, 0.1) is 29.8 Å². The van der Waals surface area contributed by atoms with Crippen LogP contribution in [0, 0.1) is 11.8 Å². The smallest absolute Gasteiger partial charge is 0.406 e. The van der Waals surface area contributed by atoms with Gasteiger partial charge in [0.15, 0.2) is 9.84 Å². The summed E-state index contributed by atoms with van der Waals surface area (Å²) < 4.78 is 69.9. The van der Waals surface area contributed by atoms with Crippen LogP contribution in [0.1, 0.15) is 28.8 Å². The number of nitrogens with zero attached hydrogens (tertiary/aromatic N) is 2. The van der Waals surface area contributed by atoms with Crippen molar-refractivity contribution in [2.24, 2.45) is 0 Å². The van der Waals surface area contributed by atoms with Crippen molar-refractivity contribution in [2.45, 2.75) is 36.5 Å². The Balaban J connectivity index is 1.63. The molecule has 0 spiro atoms. The van der Waals surface area contributed by atoms with E-state index in [9.17, 15) is 26.4 Å². The number of nitrogens with one attached hydrogen (secondary N) is 2. The third-order valence-corrected chi connectivity index (χ3v) is 7.75. The summed E-state index contributed by atoms with van der Waals surface area (Å²) in [5.74, 6) is 5.88. The fraction of sp³-hybridized carbons (Fsp3) is 0.393. The lowest BCUT2D eigenvalue weighted by atomic mass is 10.0. The third-order valence-electron chi connectivity index (χ3n) is 6.64. The second-order valence-corrected chi connectivity index (χ2v) is 11.9. The van der Waals surface area contributed by atoms with Crippen molar-refractivity contribution in [3.8, 4) is 17.6 Å². The minimum Gasteiger partial charge on any atom is -0.495 e. The number of anilines is 1. The van der Waals surface area contributed by atoms with Crippen molar-refractivity contribution in [3.63, 3.8) is 0 Å². The first-order chi connectivity index (χ1) is 18.8. The molecule has 1 saturated heterocycles. The van der Waals surface area contributed by atoms with Gasteiger partial charge < -0.3 is 24.8 Å². The minimum absolute atomic E-state index is 0.0600. The molecule has 0 aliphatic carbocycles. The van der Waals surface area contributed by atoms with Crippen molar-refractivity contribution in [2.75, 3.05) is 45.4 Å². The fourth-order valence-corrected chi connectivity index (χ4v) is 5.42. The van der Waals surface area contributed by atoms with E-state index in [1.807, 2.05) is 7.05 Å². The number of carbonyl (C=O) groups is 1. The maximum absolute atomic E-state index is 13.3. The number of ether oxygens (including phenoxy) is 1. The highest BCUT2D eigenvalue weighted by Crippen LogP contribution is 2.28. The van der Waals surface area contributed by atoms with Crippen molar-refractivity contribution in [1.29, 1.82) is 0 Å². The molecule has 1 fully saturated rings. The summed E-state index contributed by atoms with van der Waals surface area (Å²) in [7, 11) is -0.00665. The molecule has 2 N–H and O–H groups in total. The number of hydrogen-bond donors (Lipinski definition) is 2. The zero-order valence-electron chi connectivity index (χ0n) is 22.4. The van der Waals surface area contributed by atoms with Gasteiger partial charge >= 0.3 is 6.18 Å². The number of hydrogen-bond acceptors (Lipinski definition) is 6. The molecular formula is C28H31F3N4O4S. The summed E-state index contributed by atoms with van der Waals surface area (Å²) >= 11 is 0. The number of rotatable bonds is 7. The Labute approximate surface area is 231 Å². The Kier molecular flexibility index (Phi) is 8.65. The summed E-state index contributed by atoms with van der Waals surface area (Å²) in [5, 5.41) is 6.46. The number of sulfone groups is 1. The van der Waals surface area contributed by atoms with Gasteiger partial charge in [-0.3, -0.25) is 4.79 Å². The first-order valence-electron chi connectivity index (χ1n) is 12.6. The maximum atomic E-state index is 13.3. The number of likely N-dealkylation sites (tertiary alicyclic amines) is 1. The molecule has 1 aromatic heterocycles. The van der Waals surface area contributed by atoms with E-state index in [4.69, 9.17) is 4.74 Å². The second-order valence-electron chi connectivity index (χ2n) is 9.88. The Morgan fingerprint density at radius 2 is 1.98 bits per heavy atom. The summed E-state index contributed by atoms with van der Waals surface area (Å²) in [6, 6.07) is 8.98.